The van der Waals surface area contributed by atoms with Crippen LogP contribution in [0.3, 0.4) is 0 Å². The Morgan fingerprint density at radius 1 is 1.24 bits per heavy atom. The summed E-state index contributed by atoms with van der Waals surface area (Å²) in [7, 11) is 0. The molecule has 25 heavy (non-hydrogen) atoms. The number of ether oxygens (including phenoxy) is 1. The first-order valence-electron chi connectivity index (χ1n) is 7.94. The standard InChI is InChI=1S/C18H20N2O4S/c1-3-14-10-15(18(22)23-4-2)17(25-14)20-16(21)12-24-19-11-13-8-6-5-7-9-13/h5-11H,3-4,12H2,1-2H3,(H,20,21)/b19-11+. The van der Waals surface area contributed by atoms with Crippen LogP contribution in [-0.2, 0) is 20.8 Å². The third-order valence-corrected chi connectivity index (χ3v) is 4.35. The van der Waals surface area contributed by atoms with Crippen LogP contribution in [0.2, 0.25) is 0 Å². The molecule has 0 saturated heterocycles. The number of carbonyl (C=O) groups is 2. The Kier molecular flexibility index (Phi) is 7.16. The number of hydrogen-bond donors (Lipinski definition) is 1. The summed E-state index contributed by atoms with van der Waals surface area (Å²) in [4.78, 5) is 30.0. The molecule has 0 aliphatic heterocycles. The highest BCUT2D eigenvalue weighted by molar-refractivity contribution is 7.16. The quantitative estimate of drug-likeness (QED) is 0.444. The fourth-order valence-electron chi connectivity index (χ4n) is 1.97. The van der Waals surface area contributed by atoms with Gasteiger partial charge in [-0.25, -0.2) is 4.79 Å². The van der Waals surface area contributed by atoms with E-state index in [2.05, 4.69) is 10.5 Å². The van der Waals surface area contributed by atoms with Crippen molar-refractivity contribution in [3.05, 3.63) is 52.4 Å². The maximum absolute atomic E-state index is 12.0. The first-order chi connectivity index (χ1) is 12.1. The summed E-state index contributed by atoms with van der Waals surface area (Å²) < 4.78 is 5.02. The Hall–Kier alpha value is -2.67. The number of oxime groups is 1. The molecule has 0 fully saturated rings. The van der Waals surface area contributed by atoms with Crippen LogP contribution < -0.4 is 5.32 Å². The van der Waals surface area contributed by atoms with Gasteiger partial charge in [0.05, 0.1) is 18.4 Å². The van der Waals surface area contributed by atoms with Gasteiger partial charge in [0.2, 0.25) is 0 Å². The van der Waals surface area contributed by atoms with Crippen LogP contribution in [-0.4, -0.2) is 31.3 Å². The van der Waals surface area contributed by atoms with Gasteiger partial charge in [-0.1, -0.05) is 42.4 Å². The van der Waals surface area contributed by atoms with Crippen LogP contribution in [0, 0.1) is 0 Å². The minimum absolute atomic E-state index is 0.245. The average molecular weight is 360 g/mol. The normalized spacial score (nSPS) is 10.6. The van der Waals surface area contributed by atoms with Gasteiger partial charge >= 0.3 is 5.97 Å². The van der Waals surface area contributed by atoms with Crippen molar-refractivity contribution >= 4 is 34.4 Å². The van der Waals surface area contributed by atoms with Crippen molar-refractivity contribution in [2.24, 2.45) is 5.16 Å². The molecule has 6 nitrogen and oxygen atoms in total. The zero-order chi connectivity index (χ0) is 18.1. The molecule has 1 aromatic carbocycles. The van der Waals surface area contributed by atoms with Crippen molar-refractivity contribution in [3.63, 3.8) is 0 Å². The highest BCUT2D eigenvalue weighted by Crippen LogP contribution is 2.29. The van der Waals surface area contributed by atoms with Crippen LogP contribution in [0.25, 0.3) is 0 Å². The van der Waals surface area contributed by atoms with Gasteiger partial charge in [-0.3, -0.25) is 4.79 Å². The van der Waals surface area contributed by atoms with E-state index in [0.717, 1.165) is 16.9 Å². The molecule has 0 spiro atoms. The van der Waals surface area contributed by atoms with E-state index < -0.39 is 5.97 Å². The topological polar surface area (TPSA) is 77.0 Å². The Balaban J connectivity index is 1.92. The maximum Gasteiger partial charge on any atom is 0.341 e. The molecule has 0 bridgehead atoms. The smallest absolute Gasteiger partial charge is 0.341 e. The lowest BCUT2D eigenvalue weighted by atomic mass is 10.2. The molecular formula is C18H20N2O4S. The van der Waals surface area contributed by atoms with Gasteiger partial charge < -0.3 is 14.9 Å². The van der Waals surface area contributed by atoms with Crippen molar-refractivity contribution in [3.8, 4) is 0 Å². The lowest BCUT2D eigenvalue weighted by Crippen LogP contribution is -2.18. The van der Waals surface area contributed by atoms with E-state index in [-0.39, 0.29) is 19.1 Å². The Morgan fingerprint density at radius 2 is 2.00 bits per heavy atom. The number of hydrogen-bond acceptors (Lipinski definition) is 6. The third-order valence-electron chi connectivity index (χ3n) is 3.15. The molecule has 132 valence electrons. The summed E-state index contributed by atoms with van der Waals surface area (Å²) in [5.74, 6) is -0.836. The highest BCUT2D eigenvalue weighted by Gasteiger charge is 2.18. The van der Waals surface area contributed by atoms with Crippen molar-refractivity contribution < 1.29 is 19.2 Å². The van der Waals surface area contributed by atoms with E-state index in [1.54, 1.807) is 13.0 Å². The number of thiophene rings is 1. The SMILES string of the molecule is CCOC(=O)c1cc(CC)sc1NC(=O)CO/N=C/c1ccccc1. The first kappa shape index (κ1) is 18.7. The molecule has 1 aromatic heterocycles. The first-order valence-corrected chi connectivity index (χ1v) is 8.75. The second-order valence-electron chi connectivity index (χ2n) is 5.00. The molecule has 0 aliphatic rings. The molecule has 0 radical (unpaired) electrons. The van der Waals surface area contributed by atoms with Gasteiger partial charge in [0, 0.05) is 4.88 Å². The van der Waals surface area contributed by atoms with Crippen LogP contribution in [0.1, 0.15) is 34.6 Å². The predicted octanol–water partition coefficient (Wildman–Crippen LogP) is 3.48. The summed E-state index contributed by atoms with van der Waals surface area (Å²) in [6, 6.07) is 11.2. The third kappa shape index (κ3) is 5.72. The monoisotopic (exact) mass is 360 g/mol. The number of esters is 1. The number of aryl methyl sites for hydroxylation is 1. The van der Waals surface area contributed by atoms with E-state index in [1.807, 2.05) is 37.3 Å². The van der Waals surface area contributed by atoms with Gasteiger partial charge in [-0.2, -0.15) is 0 Å². The Labute approximate surface area is 150 Å². The lowest BCUT2D eigenvalue weighted by Gasteiger charge is -2.05. The summed E-state index contributed by atoms with van der Waals surface area (Å²) in [5, 5.41) is 6.91. The molecule has 0 aliphatic carbocycles. The molecule has 0 saturated carbocycles. The van der Waals surface area contributed by atoms with Crippen molar-refractivity contribution in [1.82, 2.24) is 0 Å². The second-order valence-corrected chi connectivity index (χ2v) is 6.13. The summed E-state index contributed by atoms with van der Waals surface area (Å²) in [5.41, 5.74) is 1.24. The maximum atomic E-state index is 12.0. The molecule has 1 heterocycles. The number of carbonyl (C=O) groups excluding carboxylic acids is 2. The van der Waals surface area contributed by atoms with Gasteiger partial charge in [-0.15, -0.1) is 11.3 Å². The minimum Gasteiger partial charge on any atom is -0.462 e. The summed E-state index contributed by atoms with van der Waals surface area (Å²) >= 11 is 1.35. The van der Waals surface area contributed by atoms with Crippen LogP contribution >= 0.6 is 11.3 Å². The number of anilines is 1. The van der Waals surface area contributed by atoms with Crippen LogP contribution in [0.15, 0.2) is 41.6 Å². The molecule has 7 heteroatoms. The fourth-order valence-corrected chi connectivity index (χ4v) is 2.97. The second kappa shape index (κ2) is 9.58. The lowest BCUT2D eigenvalue weighted by molar-refractivity contribution is -0.120. The summed E-state index contributed by atoms with van der Waals surface area (Å²) in [6.07, 6.45) is 2.29. The molecule has 1 amide bonds. The molecule has 0 atom stereocenters. The van der Waals surface area contributed by atoms with Gasteiger partial charge in [0.15, 0.2) is 6.61 Å². The van der Waals surface area contributed by atoms with E-state index >= 15 is 0 Å². The zero-order valence-electron chi connectivity index (χ0n) is 14.2. The van der Waals surface area contributed by atoms with Crippen molar-refractivity contribution in [1.29, 1.82) is 0 Å². The van der Waals surface area contributed by atoms with E-state index in [4.69, 9.17) is 9.57 Å². The van der Waals surface area contributed by atoms with E-state index in [9.17, 15) is 9.59 Å². The molecule has 0 unspecified atom stereocenters. The Morgan fingerprint density at radius 3 is 2.68 bits per heavy atom. The van der Waals surface area contributed by atoms with Crippen LogP contribution in [0.5, 0.6) is 0 Å². The average Bonchev–Trinajstić information content (AvgIpc) is 3.03. The minimum atomic E-state index is -0.447. The summed E-state index contributed by atoms with van der Waals surface area (Å²) in [6.45, 7) is 3.75. The number of rotatable bonds is 8. The molecule has 2 rings (SSSR count). The fraction of sp³-hybridized carbons (Fsp3) is 0.278. The molecular weight excluding hydrogens is 340 g/mol. The molecule has 2 aromatic rings. The number of benzene rings is 1. The highest BCUT2D eigenvalue weighted by atomic mass is 32.1. The van der Waals surface area contributed by atoms with Gasteiger partial charge in [0.25, 0.3) is 5.91 Å². The van der Waals surface area contributed by atoms with E-state index in [1.165, 1.54) is 17.6 Å². The Bertz CT molecular complexity index is 741. The molecule has 1 N–H and O–H groups in total. The van der Waals surface area contributed by atoms with Gasteiger partial charge in [-0.05, 0) is 25.0 Å². The predicted molar refractivity (Wildman–Crippen MR) is 98.3 cm³/mol. The van der Waals surface area contributed by atoms with E-state index in [0.29, 0.717) is 10.6 Å². The number of nitrogens with zero attached hydrogens (tertiary/aromatic N) is 1. The largest absolute Gasteiger partial charge is 0.462 e. The van der Waals surface area contributed by atoms with Crippen molar-refractivity contribution in [2.45, 2.75) is 20.3 Å². The zero-order valence-corrected chi connectivity index (χ0v) is 15.0. The van der Waals surface area contributed by atoms with Crippen molar-refractivity contribution in [2.75, 3.05) is 18.5 Å². The van der Waals surface area contributed by atoms with Gasteiger partial charge in [0.1, 0.15) is 5.00 Å². The number of nitrogens with one attached hydrogen (secondary N) is 1. The number of amides is 1. The van der Waals surface area contributed by atoms with Crippen LogP contribution in [0.4, 0.5) is 5.00 Å².